The van der Waals surface area contributed by atoms with Crippen LogP contribution in [0.5, 0.6) is 0 Å². The molecule has 0 saturated heterocycles. The van der Waals surface area contributed by atoms with E-state index in [0.717, 1.165) is 17.0 Å². The summed E-state index contributed by atoms with van der Waals surface area (Å²) in [5.74, 6) is -2.06. The van der Waals surface area contributed by atoms with E-state index in [1.807, 2.05) is 0 Å². The number of nitrogens with one attached hydrogen (secondary N) is 2. The van der Waals surface area contributed by atoms with Crippen molar-refractivity contribution in [3.05, 3.63) is 39.4 Å². The zero-order valence-electron chi connectivity index (χ0n) is 14.4. The number of amides is 4. The van der Waals surface area contributed by atoms with Crippen LogP contribution in [-0.4, -0.2) is 57.9 Å². The Kier molecular flexibility index (Phi) is 7.30. The number of carbonyl (C=O) groups is 4. The fourth-order valence-corrected chi connectivity index (χ4v) is 2.70. The van der Waals surface area contributed by atoms with Gasteiger partial charge in [-0.25, -0.2) is 0 Å². The van der Waals surface area contributed by atoms with Crippen molar-refractivity contribution in [1.82, 2.24) is 15.5 Å². The van der Waals surface area contributed by atoms with Crippen LogP contribution in [0, 0.1) is 10.1 Å². The monoisotopic (exact) mass is 430 g/mol. The number of hydrogen-bond donors (Lipinski definition) is 2. The summed E-state index contributed by atoms with van der Waals surface area (Å²) in [6.45, 7) is 0.323. The lowest BCUT2D eigenvalue weighted by Crippen LogP contribution is -2.37. The largest absolute Gasteiger partial charge is 0.354 e. The highest BCUT2D eigenvalue weighted by Gasteiger charge is 2.36. The number of carbonyl (C=O) groups excluding carboxylic acids is 4. The lowest BCUT2D eigenvalue weighted by molar-refractivity contribution is -0.384. The topological polar surface area (TPSA) is 139 Å². The predicted molar refractivity (Wildman–Crippen MR) is 99.2 cm³/mol. The molecule has 10 nitrogen and oxygen atoms in total. The summed E-state index contributed by atoms with van der Waals surface area (Å²) in [6, 6.07) is 3.49. The van der Waals surface area contributed by atoms with E-state index in [0.29, 0.717) is 0 Å². The molecular weight excluding hydrogens is 415 g/mol. The Morgan fingerprint density at radius 3 is 2.39 bits per heavy atom. The van der Waals surface area contributed by atoms with E-state index in [2.05, 4.69) is 10.6 Å². The highest BCUT2D eigenvalue weighted by Crippen LogP contribution is 2.26. The van der Waals surface area contributed by atoms with Crippen LogP contribution in [0.25, 0.3) is 0 Å². The van der Waals surface area contributed by atoms with E-state index in [4.69, 9.17) is 23.2 Å². The number of benzene rings is 1. The van der Waals surface area contributed by atoms with Gasteiger partial charge in [0.05, 0.1) is 16.1 Å². The van der Waals surface area contributed by atoms with Crippen molar-refractivity contribution in [3.8, 4) is 0 Å². The first-order chi connectivity index (χ1) is 13.2. The quantitative estimate of drug-likeness (QED) is 0.197. The smallest absolute Gasteiger partial charge is 0.270 e. The maximum absolute atomic E-state index is 12.3. The van der Waals surface area contributed by atoms with Gasteiger partial charge < -0.3 is 10.6 Å². The van der Waals surface area contributed by atoms with Crippen LogP contribution in [0.3, 0.4) is 0 Å². The Bertz CT molecular complexity index is 829. The fourth-order valence-electron chi connectivity index (χ4n) is 2.55. The summed E-state index contributed by atoms with van der Waals surface area (Å²) < 4.78 is 0. The minimum Gasteiger partial charge on any atom is -0.354 e. The summed E-state index contributed by atoms with van der Waals surface area (Å²) in [5, 5.41) is 15.8. The molecule has 4 amide bonds. The molecule has 150 valence electrons. The van der Waals surface area contributed by atoms with Crippen LogP contribution >= 0.6 is 23.2 Å². The maximum Gasteiger partial charge on any atom is 0.270 e. The molecule has 0 atom stereocenters. The van der Waals surface area contributed by atoms with Gasteiger partial charge >= 0.3 is 0 Å². The summed E-state index contributed by atoms with van der Waals surface area (Å²) in [7, 11) is 0. The van der Waals surface area contributed by atoms with Crippen molar-refractivity contribution in [3.63, 3.8) is 0 Å². The summed E-state index contributed by atoms with van der Waals surface area (Å²) >= 11 is 10.7. The third kappa shape index (κ3) is 5.17. The number of nitro groups is 1. The van der Waals surface area contributed by atoms with Gasteiger partial charge in [-0.3, -0.25) is 34.2 Å². The van der Waals surface area contributed by atoms with Crippen LogP contribution in [0.2, 0.25) is 0 Å². The number of nitrogens with zero attached hydrogens (tertiary/aromatic N) is 2. The Morgan fingerprint density at radius 1 is 1.11 bits per heavy atom. The average Bonchev–Trinajstić information content (AvgIpc) is 2.89. The molecule has 2 rings (SSSR count). The molecular formula is C16H16Cl2N4O6. The van der Waals surface area contributed by atoms with Gasteiger partial charge in [0, 0.05) is 38.2 Å². The molecule has 0 unspecified atom stereocenters. The number of nitro benzene ring substituents is 1. The van der Waals surface area contributed by atoms with Gasteiger partial charge in [0.25, 0.3) is 23.4 Å². The molecule has 1 aliphatic rings. The first-order valence-corrected chi connectivity index (χ1v) is 9.07. The van der Waals surface area contributed by atoms with Gasteiger partial charge in [-0.15, -0.1) is 0 Å². The first kappa shape index (κ1) is 21.6. The molecule has 1 aromatic rings. The Hall–Kier alpha value is -2.72. The highest BCUT2D eigenvalue weighted by atomic mass is 35.5. The maximum atomic E-state index is 12.3. The zero-order chi connectivity index (χ0) is 20.8. The van der Waals surface area contributed by atoms with Crippen LogP contribution in [0.15, 0.2) is 18.2 Å². The second kappa shape index (κ2) is 9.47. The van der Waals surface area contributed by atoms with E-state index in [-0.39, 0.29) is 55.2 Å². The lowest BCUT2D eigenvalue weighted by atomic mass is 10.1. The third-order valence-corrected chi connectivity index (χ3v) is 4.29. The number of rotatable bonds is 9. The second-order valence-corrected chi connectivity index (χ2v) is 6.89. The van der Waals surface area contributed by atoms with E-state index >= 15 is 0 Å². The van der Waals surface area contributed by atoms with Crippen molar-refractivity contribution in [2.24, 2.45) is 0 Å². The molecule has 28 heavy (non-hydrogen) atoms. The molecule has 0 fully saturated rings. The predicted octanol–water partition coefficient (Wildman–Crippen LogP) is 1.01. The average molecular weight is 431 g/mol. The fraction of sp³-hybridized carbons (Fsp3) is 0.375. The van der Waals surface area contributed by atoms with E-state index in [1.54, 1.807) is 0 Å². The normalized spacial score (nSPS) is 12.9. The van der Waals surface area contributed by atoms with E-state index in [1.165, 1.54) is 6.07 Å². The lowest BCUT2D eigenvalue weighted by Gasteiger charge is -2.13. The molecule has 0 aliphatic carbocycles. The van der Waals surface area contributed by atoms with E-state index in [9.17, 15) is 29.3 Å². The van der Waals surface area contributed by atoms with Gasteiger partial charge in [0.2, 0.25) is 5.91 Å². The number of alkyl halides is 2. The van der Waals surface area contributed by atoms with Gasteiger partial charge in [0.1, 0.15) is 0 Å². The van der Waals surface area contributed by atoms with Crippen molar-refractivity contribution in [2.75, 3.05) is 19.6 Å². The molecule has 0 saturated carbocycles. The standard InChI is InChI=1S/C16H16Cl2N4O6/c17-13(18)14(24)20-6-5-19-12(23)2-1-7-21-15(25)10-4-3-9(22(27)28)8-11(10)16(21)26/h3-4,8,13H,1-2,5-7H2,(H,19,23)(H,20,24). The zero-order valence-corrected chi connectivity index (χ0v) is 16.0. The highest BCUT2D eigenvalue weighted by molar-refractivity contribution is 6.53. The van der Waals surface area contributed by atoms with Crippen molar-refractivity contribution < 1.29 is 24.1 Å². The van der Waals surface area contributed by atoms with E-state index < -0.39 is 27.5 Å². The molecule has 1 heterocycles. The molecule has 0 radical (unpaired) electrons. The summed E-state index contributed by atoms with van der Waals surface area (Å²) in [4.78, 5) is 57.4. The molecule has 0 aromatic heterocycles. The van der Waals surface area contributed by atoms with Gasteiger partial charge in [-0.2, -0.15) is 0 Å². The number of halogens is 2. The molecule has 1 aromatic carbocycles. The van der Waals surface area contributed by atoms with Crippen LogP contribution in [0.4, 0.5) is 5.69 Å². The van der Waals surface area contributed by atoms with Crippen LogP contribution in [0.1, 0.15) is 33.6 Å². The SMILES string of the molecule is O=C(CCCN1C(=O)c2ccc([N+](=O)[O-])cc2C1=O)NCCNC(=O)C(Cl)Cl. The molecule has 0 spiro atoms. The number of imide groups is 1. The molecule has 12 heteroatoms. The Labute approximate surface area is 169 Å². The molecule has 2 N–H and O–H groups in total. The summed E-state index contributed by atoms with van der Waals surface area (Å²) in [6.07, 6.45) is 0.270. The minimum atomic E-state index is -1.18. The van der Waals surface area contributed by atoms with Gasteiger partial charge in [-0.1, -0.05) is 23.2 Å². The third-order valence-electron chi connectivity index (χ3n) is 3.90. The Morgan fingerprint density at radius 2 is 1.75 bits per heavy atom. The Balaban J connectivity index is 1.78. The van der Waals surface area contributed by atoms with Crippen molar-refractivity contribution in [1.29, 1.82) is 0 Å². The number of fused-ring (bicyclic) bond motifs is 1. The van der Waals surface area contributed by atoms with Gasteiger partial charge in [-0.05, 0) is 12.5 Å². The van der Waals surface area contributed by atoms with Crippen LogP contribution in [-0.2, 0) is 9.59 Å². The number of hydrogen-bond acceptors (Lipinski definition) is 6. The molecule has 1 aliphatic heterocycles. The molecule has 0 bridgehead atoms. The van der Waals surface area contributed by atoms with Crippen molar-refractivity contribution in [2.45, 2.75) is 17.7 Å². The summed E-state index contributed by atoms with van der Waals surface area (Å²) in [5.41, 5.74) is -0.188. The minimum absolute atomic E-state index is 0.00444. The van der Waals surface area contributed by atoms with Crippen molar-refractivity contribution >= 4 is 52.5 Å². The van der Waals surface area contributed by atoms with Crippen LogP contribution < -0.4 is 10.6 Å². The first-order valence-electron chi connectivity index (χ1n) is 8.19. The second-order valence-electron chi connectivity index (χ2n) is 5.79. The van der Waals surface area contributed by atoms with Gasteiger partial charge in [0.15, 0.2) is 4.84 Å². The number of non-ortho nitro benzene ring substituents is 1.